The smallest absolute Gasteiger partial charge is 0.103 e. The van der Waals surface area contributed by atoms with Crippen molar-refractivity contribution < 1.29 is 0 Å². The third kappa shape index (κ3) is 1.62. The topological polar surface area (TPSA) is 12.4 Å². The van der Waals surface area contributed by atoms with Crippen molar-refractivity contribution in [3.05, 3.63) is 42.0 Å². The van der Waals surface area contributed by atoms with Gasteiger partial charge in [-0.1, -0.05) is 36.4 Å². The maximum absolute atomic E-state index is 4.07. The van der Waals surface area contributed by atoms with Crippen LogP contribution >= 0.6 is 0 Å². The fraction of sp³-hybridized carbons (Fsp3) is 0.182. The Morgan fingerprint density at radius 2 is 2.00 bits per heavy atom. The molecule has 1 unspecified atom stereocenters. The van der Waals surface area contributed by atoms with Crippen LogP contribution in [0, 0.1) is 0 Å². The van der Waals surface area contributed by atoms with Crippen molar-refractivity contribution in [2.75, 3.05) is 0 Å². The van der Waals surface area contributed by atoms with Gasteiger partial charge in [-0.15, -0.1) is 0 Å². The molecule has 0 bridgehead atoms. The Morgan fingerprint density at radius 1 is 1.33 bits per heavy atom. The Bertz CT molecular complexity index is 316. The molecule has 1 aliphatic heterocycles. The van der Waals surface area contributed by atoms with E-state index in [2.05, 4.69) is 42.3 Å². The van der Waals surface area contributed by atoms with Crippen LogP contribution in [0.25, 0.3) is 5.57 Å². The zero-order chi connectivity index (χ0) is 8.39. The van der Waals surface area contributed by atoms with Crippen LogP contribution in [-0.4, -0.2) is 12.3 Å². The number of allylic oxidation sites excluding steroid dienone is 1. The van der Waals surface area contributed by atoms with Crippen molar-refractivity contribution in [3.63, 3.8) is 0 Å². The average Bonchev–Trinajstić information content (AvgIpc) is 2.90. The number of hydrogen-bond donors (Lipinski definition) is 0. The van der Waals surface area contributed by atoms with Crippen LogP contribution in [0.15, 0.2) is 41.4 Å². The fourth-order valence-electron chi connectivity index (χ4n) is 1.19. The van der Waals surface area contributed by atoms with Gasteiger partial charge in [0.2, 0.25) is 0 Å². The largest absolute Gasteiger partial charge is 0.282 e. The van der Waals surface area contributed by atoms with E-state index < -0.39 is 0 Å². The highest BCUT2D eigenvalue weighted by molar-refractivity contribution is 5.83. The van der Waals surface area contributed by atoms with Gasteiger partial charge in [0.1, 0.15) is 6.04 Å². The maximum atomic E-state index is 4.07. The molecular formula is C11H11N. The molecule has 1 heteroatoms. The molecule has 0 amide bonds. The van der Waals surface area contributed by atoms with E-state index in [-0.39, 0.29) is 0 Å². The Balaban J connectivity index is 2.18. The molecule has 0 fully saturated rings. The molecule has 0 saturated carbocycles. The molecule has 1 nitrogen and oxygen atoms in total. The lowest BCUT2D eigenvalue weighted by molar-refractivity contribution is 1.28. The van der Waals surface area contributed by atoms with Crippen molar-refractivity contribution in [2.45, 2.75) is 13.0 Å². The Morgan fingerprint density at radius 3 is 2.58 bits per heavy atom. The van der Waals surface area contributed by atoms with Gasteiger partial charge < -0.3 is 0 Å². The van der Waals surface area contributed by atoms with Gasteiger partial charge in [-0.3, -0.25) is 4.99 Å². The quantitative estimate of drug-likeness (QED) is 0.625. The molecule has 0 saturated heterocycles. The van der Waals surface area contributed by atoms with Crippen LogP contribution in [0.5, 0.6) is 0 Å². The molecule has 1 atom stereocenters. The highest BCUT2D eigenvalue weighted by Gasteiger charge is 2.08. The maximum Gasteiger partial charge on any atom is 0.103 e. The minimum Gasteiger partial charge on any atom is -0.282 e. The summed E-state index contributed by atoms with van der Waals surface area (Å²) < 4.78 is 0. The average molecular weight is 157 g/mol. The minimum absolute atomic E-state index is 0.380. The summed E-state index contributed by atoms with van der Waals surface area (Å²) in [5, 5.41) is 0. The molecule has 0 N–H and O–H groups in total. The first-order chi connectivity index (χ1) is 5.86. The van der Waals surface area contributed by atoms with Crippen LogP contribution in [-0.2, 0) is 0 Å². The second kappa shape index (κ2) is 2.94. The molecule has 12 heavy (non-hydrogen) atoms. The van der Waals surface area contributed by atoms with Crippen molar-refractivity contribution in [3.8, 4) is 0 Å². The molecule has 60 valence electrons. The first kappa shape index (κ1) is 7.29. The molecule has 0 radical (unpaired) electrons. The van der Waals surface area contributed by atoms with Crippen molar-refractivity contribution >= 4 is 11.8 Å². The zero-order valence-corrected chi connectivity index (χ0v) is 7.07. The monoisotopic (exact) mass is 157 g/mol. The lowest BCUT2D eigenvalue weighted by Crippen LogP contribution is -1.83. The summed E-state index contributed by atoms with van der Waals surface area (Å²) >= 11 is 0. The number of aliphatic imine (C=N–C) groups is 1. The third-order valence-corrected chi connectivity index (χ3v) is 1.97. The summed E-state index contributed by atoms with van der Waals surface area (Å²) in [6.45, 7) is 2.12. The lowest BCUT2D eigenvalue weighted by Gasteiger charge is -1.98. The fourth-order valence-corrected chi connectivity index (χ4v) is 1.19. The van der Waals surface area contributed by atoms with Gasteiger partial charge >= 0.3 is 0 Å². The molecule has 1 aromatic carbocycles. The normalized spacial score (nSPS) is 21.1. The SMILES string of the molecule is C/C(=C\C1C=N1)c1ccccc1. The van der Waals surface area contributed by atoms with Crippen LogP contribution in [0.2, 0.25) is 0 Å². The van der Waals surface area contributed by atoms with E-state index in [9.17, 15) is 0 Å². The van der Waals surface area contributed by atoms with Crippen molar-refractivity contribution in [1.29, 1.82) is 0 Å². The van der Waals surface area contributed by atoms with E-state index in [0.29, 0.717) is 6.04 Å². The molecule has 0 spiro atoms. The van der Waals surface area contributed by atoms with E-state index in [4.69, 9.17) is 0 Å². The van der Waals surface area contributed by atoms with E-state index in [1.165, 1.54) is 11.1 Å². The number of nitrogens with zero attached hydrogens (tertiary/aromatic N) is 1. The first-order valence-electron chi connectivity index (χ1n) is 4.13. The van der Waals surface area contributed by atoms with E-state index in [1.54, 1.807) is 0 Å². The summed E-state index contributed by atoms with van der Waals surface area (Å²) in [6.07, 6.45) is 4.13. The summed E-state index contributed by atoms with van der Waals surface area (Å²) in [7, 11) is 0. The lowest BCUT2D eigenvalue weighted by atomic mass is 10.1. The first-order valence-corrected chi connectivity index (χ1v) is 4.13. The molecule has 0 aliphatic carbocycles. The van der Waals surface area contributed by atoms with Crippen molar-refractivity contribution in [1.82, 2.24) is 0 Å². The van der Waals surface area contributed by atoms with Gasteiger partial charge in [0, 0.05) is 6.21 Å². The second-order valence-corrected chi connectivity index (χ2v) is 3.00. The Hall–Kier alpha value is -1.37. The van der Waals surface area contributed by atoms with E-state index >= 15 is 0 Å². The van der Waals surface area contributed by atoms with Crippen LogP contribution in [0.4, 0.5) is 0 Å². The summed E-state index contributed by atoms with van der Waals surface area (Å²) in [4.78, 5) is 4.07. The Labute approximate surface area is 72.5 Å². The second-order valence-electron chi connectivity index (χ2n) is 3.00. The molecule has 1 aliphatic rings. The molecule has 2 rings (SSSR count). The number of benzene rings is 1. The van der Waals surface area contributed by atoms with Gasteiger partial charge in [-0.25, -0.2) is 0 Å². The third-order valence-electron chi connectivity index (χ3n) is 1.97. The molecule has 1 aromatic rings. The minimum atomic E-state index is 0.380. The van der Waals surface area contributed by atoms with E-state index in [1.807, 2.05) is 12.3 Å². The number of hydrogen-bond acceptors (Lipinski definition) is 1. The van der Waals surface area contributed by atoms with Gasteiger partial charge in [0.05, 0.1) is 0 Å². The van der Waals surface area contributed by atoms with Gasteiger partial charge in [-0.2, -0.15) is 0 Å². The molecular weight excluding hydrogens is 146 g/mol. The summed E-state index contributed by atoms with van der Waals surface area (Å²) in [6, 6.07) is 10.8. The highest BCUT2D eigenvalue weighted by atomic mass is 14.9. The van der Waals surface area contributed by atoms with Crippen LogP contribution in [0.3, 0.4) is 0 Å². The van der Waals surface area contributed by atoms with Crippen LogP contribution in [0.1, 0.15) is 12.5 Å². The van der Waals surface area contributed by atoms with Gasteiger partial charge in [0.25, 0.3) is 0 Å². The predicted octanol–water partition coefficient (Wildman–Crippen LogP) is 2.54. The summed E-state index contributed by atoms with van der Waals surface area (Å²) in [5.74, 6) is 0. The van der Waals surface area contributed by atoms with Crippen LogP contribution < -0.4 is 0 Å². The predicted molar refractivity (Wildman–Crippen MR) is 52.4 cm³/mol. The number of rotatable bonds is 2. The summed E-state index contributed by atoms with van der Waals surface area (Å²) in [5.41, 5.74) is 2.59. The zero-order valence-electron chi connectivity index (χ0n) is 7.07. The molecule has 0 aromatic heterocycles. The standard InChI is InChI=1S/C11H11N/c1-9(7-11-8-12-11)10-5-3-2-4-6-10/h2-8,11H,1H3/b9-7+. The highest BCUT2D eigenvalue weighted by Crippen LogP contribution is 2.16. The molecule has 1 heterocycles. The van der Waals surface area contributed by atoms with Crippen molar-refractivity contribution in [2.24, 2.45) is 4.99 Å². The van der Waals surface area contributed by atoms with E-state index in [0.717, 1.165) is 0 Å². The van der Waals surface area contributed by atoms with Gasteiger partial charge in [0.15, 0.2) is 0 Å². The van der Waals surface area contributed by atoms with Gasteiger partial charge in [-0.05, 0) is 18.1 Å². The Kier molecular flexibility index (Phi) is 1.78.